The number of carbonyl (C=O) groups is 1. The minimum atomic E-state index is -0.792. The maximum atomic E-state index is 11.8. The molecule has 0 amide bonds. The van der Waals surface area contributed by atoms with Crippen molar-refractivity contribution in [1.29, 1.82) is 0 Å². The van der Waals surface area contributed by atoms with E-state index in [-0.39, 0.29) is 5.92 Å². The topological polar surface area (TPSA) is 72.5 Å². The second-order valence-corrected chi connectivity index (χ2v) is 6.78. The van der Waals surface area contributed by atoms with Gasteiger partial charge in [-0.2, -0.15) is 0 Å². The van der Waals surface area contributed by atoms with Crippen LogP contribution >= 0.6 is 0 Å². The number of nitrogens with two attached hydrogens (primary N) is 1. The first-order valence-electron chi connectivity index (χ1n) is 7.51. The Balaban J connectivity index is 2.30. The van der Waals surface area contributed by atoms with Crippen molar-refractivity contribution < 1.29 is 14.6 Å². The van der Waals surface area contributed by atoms with Gasteiger partial charge in [0.05, 0.1) is 18.7 Å². The van der Waals surface area contributed by atoms with Crippen LogP contribution in [0.4, 0.5) is 5.69 Å². The van der Waals surface area contributed by atoms with Gasteiger partial charge in [0.15, 0.2) is 0 Å². The summed E-state index contributed by atoms with van der Waals surface area (Å²) in [5, 5.41) is 9.70. The van der Waals surface area contributed by atoms with Crippen LogP contribution in [0.1, 0.15) is 51.0 Å². The highest BCUT2D eigenvalue weighted by atomic mass is 16.5. The monoisotopic (exact) mass is 291 g/mol. The third-order valence-corrected chi connectivity index (χ3v) is 4.78. The largest absolute Gasteiger partial charge is 0.495 e. The van der Waals surface area contributed by atoms with Crippen molar-refractivity contribution in [2.45, 2.75) is 45.4 Å². The van der Waals surface area contributed by atoms with E-state index in [1.165, 1.54) is 0 Å². The summed E-state index contributed by atoms with van der Waals surface area (Å²) in [5.74, 6) is -0.643. The summed E-state index contributed by atoms with van der Waals surface area (Å²) < 4.78 is 5.22. The molecule has 0 aliphatic heterocycles. The molecular formula is C17H25NO3. The zero-order chi connectivity index (χ0) is 15.6. The van der Waals surface area contributed by atoms with Crippen molar-refractivity contribution in [2.24, 2.45) is 11.3 Å². The molecule has 2 rings (SSSR count). The van der Waals surface area contributed by atoms with Crippen LogP contribution in [-0.4, -0.2) is 18.2 Å². The van der Waals surface area contributed by atoms with E-state index in [1.54, 1.807) is 13.2 Å². The molecule has 116 valence electrons. The van der Waals surface area contributed by atoms with Gasteiger partial charge in [-0.15, -0.1) is 0 Å². The molecule has 0 radical (unpaired) electrons. The fourth-order valence-corrected chi connectivity index (χ4v) is 3.35. The Morgan fingerprint density at radius 1 is 1.38 bits per heavy atom. The number of carboxylic acids is 1. The standard InChI is InChI=1S/C17H25NO3/c1-17(2)9-7-11(8-10-17)14(16(19)20)12-5-4-6-13(21-3)15(12)18/h4-6,11,14H,7-10,18H2,1-3H3,(H,19,20). The molecule has 1 saturated carbocycles. The number of methoxy groups -OCH3 is 1. The Bertz CT molecular complexity index is 515. The Hall–Kier alpha value is -1.71. The first kappa shape index (κ1) is 15.7. The minimum absolute atomic E-state index is 0.143. The molecule has 0 heterocycles. The third kappa shape index (κ3) is 3.31. The van der Waals surface area contributed by atoms with E-state index in [0.717, 1.165) is 25.7 Å². The lowest BCUT2D eigenvalue weighted by atomic mass is 9.68. The van der Waals surface area contributed by atoms with E-state index in [2.05, 4.69) is 13.8 Å². The van der Waals surface area contributed by atoms with Gasteiger partial charge in [0, 0.05) is 0 Å². The highest BCUT2D eigenvalue weighted by Crippen LogP contribution is 2.45. The summed E-state index contributed by atoms with van der Waals surface area (Å²) in [4.78, 5) is 11.8. The molecule has 1 unspecified atom stereocenters. The number of ether oxygens (including phenoxy) is 1. The van der Waals surface area contributed by atoms with Gasteiger partial charge in [-0.25, -0.2) is 0 Å². The molecule has 0 spiro atoms. The van der Waals surface area contributed by atoms with Crippen molar-refractivity contribution in [2.75, 3.05) is 12.8 Å². The molecule has 3 N–H and O–H groups in total. The Kier molecular flexibility index (Phi) is 4.45. The molecule has 1 fully saturated rings. The molecule has 0 saturated heterocycles. The van der Waals surface area contributed by atoms with Gasteiger partial charge in [0.25, 0.3) is 0 Å². The van der Waals surface area contributed by atoms with E-state index in [1.807, 2.05) is 12.1 Å². The lowest BCUT2D eigenvalue weighted by Gasteiger charge is -2.37. The molecule has 4 heteroatoms. The number of carboxylic acid groups (broad SMARTS) is 1. The number of para-hydroxylation sites is 1. The fourth-order valence-electron chi connectivity index (χ4n) is 3.35. The fraction of sp³-hybridized carbons (Fsp3) is 0.588. The quantitative estimate of drug-likeness (QED) is 0.830. The average Bonchev–Trinajstić information content (AvgIpc) is 2.42. The second-order valence-electron chi connectivity index (χ2n) is 6.78. The predicted octanol–water partition coefficient (Wildman–Crippen LogP) is 3.66. The highest BCUT2D eigenvalue weighted by molar-refractivity contribution is 5.80. The van der Waals surface area contributed by atoms with Crippen molar-refractivity contribution in [3.63, 3.8) is 0 Å². The Labute approximate surface area is 126 Å². The van der Waals surface area contributed by atoms with Gasteiger partial charge < -0.3 is 15.6 Å². The minimum Gasteiger partial charge on any atom is -0.495 e. The molecule has 4 nitrogen and oxygen atoms in total. The van der Waals surface area contributed by atoms with Crippen LogP contribution in [0, 0.1) is 11.3 Å². The first-order chi connectivity index (χ1) is 9.85. The van der Waals surface area contributed by atoms with E-state index in [0.29, 0.717) is 22.4 Å². The number of hydrogen-bond acceptors (Lipinski definition) is 3. The van der Waals surface area contributed by atoms with Gasteiger partial charge in [0.1, 0.15) is 5.75 Å². The summed E-state index contributed by atoms with van der Waals surface area (Å²) in [5.41, 5.74) is 7.57. The summed E-state index contributed by atoms with van der Waals surface area (Å²) in [7, 11) is 1.55. The molecule has 1 atom stereocenters. The first-order valence-corrected chi connectivity index (χ1v) is 7.51. The molecule has 1 aliphatic rings. The van der Waals surface area contributed by atoms with Crippen molar-refractivity contribution >= 4 is 11.7 Å². The van der Waals surface area contributed by atoms with Crippen LogP contribution in [0.5, 0.6) is 5.75 Å². The number of benzene rings is 1. The Morgan fingerprint density at radius 3 is 2.52 bits per heavy atom. The van der Waals surface area contributed by atoms with Gasteiger partial charge in [0.2, 0.25) is 0 Å². The van der Waals surface area contributed by atoms with Crippen molar-refractivity contribution in [3.05, 3.63) is 23.8 Å². The molecule has 0 aromatic heterocycles. The van der Waals surface area contributed by atoms with Crippen LogP contribution in [-0.2, 0) is 4.79 Å². The number of anilines is 1. The summed E-state index contributed by atoms with van der Waals surface area (Å²) in [6.07, 6.45) is 3.98. The Morgan fingerprint density at radius 2 is 2.00 bits per heavy atom. The normalized spacial score (nSPS) is 20.0. The summed E-state index contributed by atoms with van der Waals surface area (Å²) >= 11 is 0. The van der Waals surface area contributed by atoms with Gasteiger partial charge in [-0.05, 0) is 48.6 Å². The van der Waals surface area contributed by atoms with Crippen LogP contribution in [0.3, 0.4) is 0 Å². The van der Waals surface area contributed by atoms with E-state index < -0.39 is 11.9 Å². The predicted molar refractivity (Wildman–Crippen MR) is 83.5 cm³/mol. The molecule has 1 aromatic rings. The number of hydrogen-bond donors (Lipinski definition) is 2. The third-order valence-electron chi connectivity index (χ3n) is 4.78. The van der Waals surface area contributed by atoms with E-state index >= 15 is 0 Å². The lowest BCUT2D eigenvalue weighted by molar-refractivity contribution is -0.140. The molecule has 1 aliphatic carbocycles. The number of rotatable bonds is 4. The van der Waals surface area contributed by atoms with Crippen LogP contribution in [0.25, 0.3) is 0 Å². The van der Waals surface area contributed by atoms with Crippen molar-refractivity contribution in [1.82, 2.24) is 0 Å². The average molecular weight is 291 g/mol. The number of nitrogen functional groups attached to an aromatic ring is 1. The molecule has 21 heavy (non-hydrogen) atoms. The highest BCUT2D eigenvalue weighted by Gasteiger charge is 2.36. The molecular weight excluding hydrogens is 266 g/mol. The molecule has 0 bridgehead atoms. The van der Waals surface area contributed by atoms with E-state index in [9.17, 15) is 9.90 Å². The SMILES string of the molecule is COc1cccc(C(C(=O)O)C2CCC(C)(C)CC2)c1N. The van der Waals surface area contributed by atoms with Crippen molar-refractivity contribution in [3.8, 4) is 5.75 Å². The van der Waals surface area contributed by atoms with Crippen LogP contribution in [0.2, 0.25) is 0 Å². The summed E-state index contributed by atoms with van der Waals surface area (Å²) in [6, 6.07) is 5.39. The zero-order valence-corrected chi connectivity index (χ0v) is 13.1. The second kappa shape index (κ2) is 5.96. The zero-order valence-electron chi connectivity index (χ0n) is 13.1. The van der Waals surface area contributed by atoms with E-state index in [4.69, 9.17) is 10.5 Å². The van der Waals surface area contributed by atoms with Gasteiger partial charge in [-0.3, -0.25) is 4.79 Å². The maximum Gasteiger partial charge on any atom is 0.311 e. The van der Waals surface area contributed by atoms with Gasteiger partial charge in [-0.1, -0.05) is 26.0 Å². The smallest absolute Gasteiger partial charge is 0.311 e. The summed E-state index contributed by atoms with van der Waals surface area (Å²) in [6.45, 7) is 4.50. The van der Waals surface area contributed by atoms with Crippen LogP contribution < -0.4 is 10.5 Å². The molecule has 1 aromatic carbocycles. The number of aliphatic carboxylic acids is 1. The maximum absolute atomic E-state index is 11.8. The van der Waals surface area contributed by atoms with Crippen LogP contribution in [0.15, 0.2) is 18.2 Å². The lowest BCUT2D eigenvalue weighted by Crippen LogP contribution is -2.29. The van der Waals surface area contributed by atoms with Gasteiger partial charge >= 0.3 is 5.97 Å².